The molecular weight excluding hydrogens is 343 g/mol. The number of nitrogens with zero attached hydrogens (tertiary/aromatic N) is 2. The normalized spacial score (nSPS) is 15.5. The zero-order valence-electron chi connectivity index (χ0n) is 13.4. The zero-order valence-corrected chi connectivity index (χ0v) is 14.9. The van der Waals surface area contributed by atoms with E-state index in [4.69, 9.17) is 23.2 Å². The largest absolute Gasteiger partial charge is 0.340 e. The number of carbonyl (C=O) groups is 1. The minimum Gasteiger partial charge on any atom is -0.340 e. The molecule has 0 aromatic heterocycles. The summed E-state index contributed by atoms with van der Waals surface area (Å²) in [6.45, 7) is 4.12. The molecule has 0 saturated carbocycles. The molecule has 1 saturated heterocycles. The van der Waals surface area contributed by atoms with E-state index in [-0.39, 0.29) is 5.91 Å². The molecule has 5 heteroatoms. The molecule has 1 fully saturated rings. The highest BCUT2D eigenvalue weighted by atomic mass is 35.5. The number of halogens is 2. The molecule has 0 radical (unpaired) electrons. The lowest BCUT2D eigenvalue weighted by Gasteiger charge is -2.35. The van der Waals surface area contributed by atoms with Gasteiger partial charge in [-0.25, -0.2) is 0 Å². The Balaban J connectivity index is 1.50. The topological polar surface area (TPSA) is 23.6 Å². The van der Waals surface area contributed by atoms with Crippen molar-refractivity contribution in [2.45, 2.75) is 13.0 Å². The molecule has 2 aromatic rings. The van der Waals surface area contributed by atoms with Crippen LogP contribution in [0, 0.1) is 0 Å². The van der Waals surface area contributed by atoms with Crippen molar-refractivity contribution >= 4 is 29.1 Å². The number of benzene rings is 2. The fourth-order valence-corrected chi connectivity index (χ4v) is 3.25. The molecule has 126 valence electrons. The highest BCUT2D eigenvalue weighted by Crippen LogP contribution is 2.23. The van der Waals surface area contributed by atoms with E-state index in [0.717, 1.165) is 43.9 Å². The van der Waals surface area contributed by atoms with Crippen molar-refractivity contribution in [3.63, 3.8) is 0 Å². The summed E-state index contributed by atoms with van der Waals surface area (Å²) in [7, 11) is 0. The smallest absolute Gasteiger partial charge is 0.227 e. The van der Waals surface area contributed by atoms with Gasteiger partial charge in [-0.3, -0.25) is 9.69 Å². The predicted octanol–water partition coefficient (Wildman–Crippen LogP) is 3.88. The maximum Gasteiger partial charge on any atom is 0.227 e. The summed E-state index contributed by atoms with van der Waals surface area (Å²) >= 11 is 12.0. The summed E-state index contributed by atoms with van der Waals surface area (Å²) in [5.41, 5.74) is 2.22. The van der Waals surface area contributed by atoms with Crippen molar-refractivity contribution in [1.82, 2.24) is 9.80 Å². The Morgan fingerprint density at radius 3 is 2.25 bits per heavy atom. The van der Waals surface area contributed by atoms with Crippen molar-refractivity contribution in [2.24, 2.45) is 0 Å². The number of hydrogen-bond acceptors (Lipinski definition) is 2. The van der Waals surface area contributed by atoms with Crippen molar-refractivity contribution in [3.8, 4) is 0 Å². The molecule has 24 heavy (non-hydrogen) atoms. The van der Waals surface area contributed by atoms with Crippen LogP contribution in [0.25, 0.3) is 0 Å². The highest BCUT2D eigenvalue weighted by Gasteiger charge is 2.21. The lowest BCUT2D eigenvalue weighted by atomic mass is 10.1. The Hall–Kier alpha value is -1.55. The van der Waals surface area contributed by atoms with Crippen molar-refractivity contribution in [1.29, 1.82) is 0 Å². The summed E-state index contributed by atoms with van der Waals surface area (Å²) in [6, 6.07) is 15.7. The third kappa shape index (κ3) is 4.50. The molecule has 3 nitrogen and oxygen atoms in total. The first-order chi connectivity index (χ1) is 11.6. The fourth-order valence-electron chi connectivity index (χ4n) is 2.93. The Labute approximate surface area is 152 Å². The van der Waals surface area contributed by atoms with Gasteiger partial charge in [-0.1, -0.05) is 59.6 Å². The third-order valence-electron chi connectivity index (χ3n) is 4.31. The van der Waals surface area contributed by atoms with Crippen LogP contribution in [0.3, 0.4) is 0 Å². The van der Waals surface area contributed by atoms with Gasteiger partial charge in [0.15, 0.2) is 0 Å². The van der Waals surface area contributed by atoms with Crippen LogP contribution in [0.4, 0.5) is 0 Å². The molecule has 1 heterocycles. The van der Waals surface area contributed by atoms with Crippen LogP contribution < -0.4 is 0 Å². The van der Waals surface area contributed by atoms with Gasteiger partial charge >= 0.3 is 0 Å². The summed E-state index contributed by atoms with van der Waals surface area (Å²) in [4.78, 5) is 16.7. The molecule has 0 spiro atoms. The highest BCUT2D eigenvalue weighted by molar-refractivity contribution is 6.42. The SMILES string of the molecule is O=C(Cc1ccccc1)N1CCN(Cc2ccc(Cl)c(Cl)c2)CC1. The second kappa shape index (κ2) is 8.02. The number of carbonyl (C=O) groups excluding carboxylic acids is 1. The number of hydrogen-bond donors (Lipinski definition) is 0. The van der Waals surface area contributed by atoms with Crippen molar-refractivity contribution < 1.29 is 4.79 Å². The second-order valence-electron chi connectivity index (χ2n) is 6.07. The predicted molar refractivity (Wildman–Crippen MR) is 98.5 cm³/mol. The van der Waals surface area contributed by atoms with Crippen LogP contribution in [0.5, 0.6) is 0 Å². The standard InChI is InChI=1S/C19H20Cl2N2O/c20-17-7-6-16(12-18(17)21)14-22-8-10-23(11-9-22)19(24)13-15-4-2-1-3-5-15/h1-7,12H,8-11,13-14H2. The summed E-state index contributed by atoms with van der Waals surface area (Å²) in [5.74, 6) is 0.204. The van der Waals surface area contributed by atoms with Crippen LogP contribution in [-0.4, -0.2) is 41.9 Å². The minimum absolute atomic E-state index is 0.204. The van der Waals surface area contributed by atoms with E-state index in [0.29, 0.717) is 16.5 Å². The van der Waals surface area contributed by atoms with Gasteiger partial charge in [-0.2, -0.15) is 0 Å². The van der Waals surface area contributed by atoms with Gasteiger partial charge in [0, 0.05) is 32.7 Å². The zero-order chi connectivity index (χ0) is 16.9. The summed E-state index contributed by atoms with van der Waals surface area (Å²) in [6.07, 6.45) is 0.480. The Morgan fingerprint density at radius 1 is 0.875 bits per heavy atom. The molecular formula is C19H20Cl2N2O. The monoisotopic (exact) mass is 362 g/mol. The van der Waals surface area contributed by atoms with Crippen LogP contribution >= 0.6 is 23.2 Å². The second-order valence-corrected chi connectivity index (χ2v) is 6.88. The maximum atomic E-state index is 12.4. The molecule has 0 atom stereocenters. The minimum atomic E-state index is 0.204. The molecule has 0 unspecified atom stereocenters. The number of amides is 1. The molecule has 0 N–H and O–H groups in total. The van der Waals surface area contributed by atoms with Crippen LogP contribution in [0.1, 0.15) is 11.1 Å². The lowest BCUT2D eigenvalue weighted by Crippen LogP contribution is -2.48. The lowest BCUT2D eigenvalue weighted by molar-refractivity contribution is -0.132. The first-order valence-electron chi connectivity index (χ1n) is 8.10. The molecule has 1 aliphatic heterocycles. The molecule has 1 amide bonds. The first kappa shape index (κ1) is 17.3. The van der Waals surface area contributed by atoms with Gasteiger partial charge in [0.05, 0.1) is 16.5 Å². The van der Waals surface area contributed by atoms with Crippen LogP contribution in [0.15, 0.2) is 48.5 Å². The van der Waals surface area contributed by atoms with Crippen LogP contribution in [0.2, 0.25) is 10.0 Å². The van der Waals surface area contributed by atoms with E-state index in [1.165, 1.54) is 0 Å². The Bertz CT molecular complexity index is 698. The van der Waals surface area contributed by atoms with E-state index in [1.807, 2.05) is 53.4 Å². The van der Waals surface area contributed by atoms with Gasteiger partial charge in [0.1, 0.15) is 0 Å². The van der Waals surface area contributed by atoms with Gasteiger partial charge in [0.25, 0.3) is 0 Å². The molecule has 0 aliphatic carbocycles. The number of piperazine rings is 1. The third-order valence-corrected chi connectivity index (χ3v) is 5.05. The van der Waals surface area contributed by atoms with E-state index in [9.17, 15) is 4.79 Å². The average Bonchev–Trinajstić information content (AvgIpc) is 2.60. The average molecular weight is 363 g/mol. The van der Waals surface area contributed by atoms with E-state index in [1.54, 1.807) is 0 Å². The van der Waals surface area contributed by atoms with Gasteiger partial charge in [0.2, 0.25) is 5.91 Å². The summed E-state index contributed by atoms with van der Waals surface area (Å²) < 4.78 is 0. The number of rotatable bonds is 4. The maximum absolute atomic E-state index is 12.4. The van der Waals surface area contributed by atoms with Gasteiger partial charge in [-0.05, 0) is 23.3 Å². The van der Waals surface area contributed by atoms with Crippen molar-refractivity contribution in [3.05, 3.63) is 69.7 Å². The quantitative estimate of drug-likeness (QED) is 0.823. The van der Waals surface area contributed by atoms with Gasteiger partial charge < -0.3 is 4.90 Å². The Morgan fingerprint density at radius 2 is 1.58 bits per heavy atom. The summed E-state index contributed by atoms with van der Waals surface area (Å²) in [5, 5.41) is 1.17. The van der Waals surface area contributed by atoms with E-state index >= 15 is 0 Å². The van der Waals surface area contributed by atoms with Gasteiger partial charge in [-0.15, -0.1) is 0 Å². The van der Waals surface area contributed by atoms with Crippen molar-refractivity contribution in [2.75, 3.05) is 26.2 Å². The Kier molecular flexibility index (Phi) is 5.77. The van der Waals surface area contributed by atoms with E-state index in [2.05, 4.69) is 4.90 Å². The first-order valence-corrected chi connectivity index (χ1v) is 8.85. The molecule has 3 rings (SSSR count). The molecule has 0 bridgehead atoms. The van der Waals surface area contributed by atoms with Crippen LogP contribution in [-0.2, 0) is 17.8 Å². The molecule has 1 aliphatic rings. The molecule has 2 aromatic carbocycles. The fraction of sp³-hybridized carbons (Fsp3) is 0.316. The van der Waals surface area contributed by atoms with E-state index < -0.39 is 0 Å².